The molecule has 1 aliphatic heterocycles. The van der Waals surface area contributed by atoms with Crippen LogP contribution < -0.4 is 24.4 Å². The van der Waals surface area contributed by atoms with Crippen LogP contribution in [-0.4, -0.2) is 37.7 Å². The summed E-state index contributed by atoms with van der Waals surface area (Å²) in [5.74, 6) is -0.233. The van der Waals surface area contributed by atoms with Crippen molar-refractivity contribution in [3.05, 3.63) is 52.6 Å². The van der Waals surface area contributed by atoms with Gasteiger partial charge in [0, 0.05) is 0 Å². The van der Waals surface area contributed by atoms with Crippen molar-refractivity contribution in [3.8, 4) is 17.2 Å². The maximum absolute atomic E-state index is 13.1. The molecule has 0 unspecified atom stereocenters. The van der Waals surface area contributed by atoms with Crippen molar-refractivity contribution in [2.45, 2.75) is 33.3 Å². The monoisotopic (exact) mass is 472 g/mol. The first kappa shape index (κ1) is 24.1. The van der Waals surface area contributed by atoms with E-state index in [4.69, 9.17) is 25.8 Å². The molecule has 1 heterocycles. The minimum Gasteiger partial charge on any atom is -0.494 e. The Morgan fingerprint density at radius 1 is 1.12 bits per heavy atom. The van der Waals surface area contributed by atoms with Crippen molar-refractivity contribution in [3.63, 3.8) is 0 Å². The van der Waals surface area contributed by atoms with E-state index in [0.717, 1.165) is 11.3 Å². The van der Waals surface area contributed by atoms with Crippen LogP contribution in [0.2, 0.25) is 5.02 Å². The summed E-state index contributed by atoms with van der Waals surface area (Å²) < 4.78 is 16.6. The molecule has 1 aliphatic rings. The Hall–Kier alpha value is -3.52. The van der Waals surface area contributed by atoms with E-state index in [1.165, 1.54) is 13.2 Å². The quantitative estimate of drug-likeness (QED) is 0.446. The van der Waals surface area contributed by atoms with Crippen LogP contribution in [0.3, 0.4) is 0 Å². The summed E-state index contributed by atoms with van der Waals surface area (Å²) >= 11 is 6.40. The van der Waals surface area contributed by atoms with E-state index >= 15 is 0 Å². The van der Waals surface area contributed by atoms with Crippen LogP contribution in [0.15, 0.2) is 42.0 Å². The highest BCUT2D eigenvalue weighted by Crippen LogP contribution is 2.38. The van der Waals surface area contributed by atoms with E-state index < -0.39 is 17.8 Å². The van der Waals surface area contributed by atoms with Crippen molar-refractivity contribution < 1.29 is 28.6 Å². The van der Waals surface area contributed by atoms with Gasteiger partial charge in [0.05, 0.1) is 30.5 Å². The minimum atomic E-state index is -0.834. The molecule has 2 aromatic carbocycles. The standard InChI is InChI=1S/C24H25ClN2O6/c1-5-14(3)33-21-19(25)12-15(13-20(21)31-4)11-18-22(28)26-24(30)27(23(18)29)16-7-9-17(10-8-16)32-6-2/h7-14H,5-6H2,1-4H3,(H,26,28,30)/b18-11+/t14-/m1/s1. The Morgan fingerprint density at radius 3 is 2.42 bits per heavy atom. The fraction of sp³-hybridized carbons (Fsp3) is 0.292. The lowest BCUT2D eigenvalue weighted by molar-refractivity contribution is -0.122. The molecule has 1 N–H and O–H groups in total. The van der Waals surface area contributed by atoms with Crippen LogP contribution in [0.25, 0.3) is 6.08 Å². The second kappa shape index (κ2) is 10.4. The summed E-state index contributed by atoms with van der Waals surface area (Å²) in [5, 5.41) is 2.46. The lowest BCUT2D eigenvalue weighted by atomic mass is 10.1. The second-order valence-electron chi connectivity index (χ2n) is 7.26. The van der Waals surface area contributed by atoms with Crippen molar-refractivity contribution >= 4 is 41.2 Å². The van der Waals surface area contributed by atoms with Gasteiger partial charge >= 0.3 is 6.03 Å². The van der Waals surface area contributed by atoms with Gasteiger partial charge in [-0.2, -0.15) is 0 Å². The number of hydrogen-bond donors (Lipinski definition) is 1. The number of nitrogens with zero attached hydrogens (tertiary/aromatic N) is 1. The molecule has 0 bridgehead atoms. The number of amides is 4. The molecular weight excluding hydrogens is 448 g/mol. The molecule has 4 amide bonds. The first-order valence-corrected chi connectivity index (χ1v) is 10.8. The lowest BCUT2D eigenvalue weighted by Crippen LogP contribution is -2.54. The molecule has 33 heavy (non-hydrogen) atoms. The Kier molecular flexibility index (Phi) is 7.60. The summed E-state index contributed by atoms with van der Waals surface area (Å²) in [7, 11) is 1.47. The van der Waals surface area contributed by atoms with Gasteiger partial charge in [-0.25, -0.2) is 9.69 Å². The number of barbiturate groups is 1. The van der Waals surface area contributed by atoms with Crippen LogP contribution in [0.1, 0.15) is 32.8 Å². The van der Waals surface area contributed by atoms with Gasteiger partial charge < -0.3 is 14.2 Å². The third kappa shape index (κ3) is 5.28. The van der Waals surface area contributed by atoms with Gasteiger partial charge in [-0.05, 0) is 68.3 Å². The zero-order valence-corrected chi connectivity index (χ0v) is 19.6. The topological polar surface area (TPSA) is 94.2 Å². The van der Waals surface area contributed by atoms with E-state index in [-0.39, 0.29) is 16.7 Å². The van der Waals surface area contributed by atoms with Crippen LogP contribution in [0.5, 0.6) is 17.2 Å². The number of carbonyl (C=O) groups is 3. The molecule has 1 atom stereocenters. The summed E-state index contributed by atoms with van der Waals surface area (Å²) in [6.45, 7) is 6.22. The summed E-state index contributed by atoms with van der Waals surface area (Å²) in [6.07, 6.45) is 2.04. The first-order valence-electron chi connectivity index (χ1n) is 10.5. The van der Waals surface area contributed by atoms with Gasteiger partial charge in [0.1, 0.15) is 11.3 Å². The zero-order chi connectivity index (χ0) is 24.1. The average Bonchev–Trinajstić information content (AvgIpc) is 2.79. The third-order valence-corrected chi connectivity index (χ3v) is 5.25. The van der Waals surface area contributed by atoms with Gasteiger partial charge in [0.15, 0.2) is 11.5 Å². The molecule has 0 saturated carbocycles. The molecule has 1 fully saturated rings. The van der Waals surface area contributed by atoms with Crippen LogP contribution in [0.4, 0.5) is 10.5 Å². The number of nitrogens with one attached hydrogen (secondary N) is 1. The number of hydrogen-bond acceptors (Lipinski definition) is 6. The van der Waals surface area contributed by atoms with E-state index in [1.54, 1.807) is 36.4 Å². The second-order valence-corrected chi connectivity index (χ2v) is 7.66. The van der Waals surface area contributed by atoms with Crippen LogP contribution in [-0.2, 0) is 9.59 Å². The molecule has 2 aromatic rings. The maximum atomic E-state index is 13.1. The fourth-order valence-corrected chi connectivity index (χ4v) is 3.40. The van der Waals surface area contributed by atoms with Crippen LogP contribution >= 0.6 is 11.6 Å². The Morgan fingerprint density at radius 2 is 1.82 bits per heavy atom. The molecule has 3 rings (SSSR count). The van der Waals surface area contributed by atoms with Gasteiger partial charge in [0.2, 0.25) is 0 Å². The van der Waals surface area contributed by atoms with Crippen molar-refractivity contribution in [1.82, 2.24) is 5.32 Å². The highest BCUT2D eigenvalue weighted by atomic mass is 35.5. The number of carbonyl (C=O) groups excluding carboxylic acids is 3. The largest absolute Gasteiger partial charge is 0.494 e. The highest BCUT2D eigenvalue weighted by molar-refractivity contribution is 6.39. The summed E-state index contributed by atoms with van der Waals surface area (Å²) in [4.78, 5) is 38.9. The first-order chi connectivity index (χ1) is 15.8. The van der Waals surface area contributed by atoms with Crippen LogP contribution in [0, 0.1) is 0 Å². The van der Waals surface area contributed by atoms with Crippen molar-refractivity contribution in [2.24, 2.45) is 0 Å². The van der Waals surface area contributed by atoms with Gasteiger partial charge in [-0.3, -0.25) is 14.9 Å². The number of urea groups is 1. The van der Waals surface area contributed by atoms with E-state index in [9.17, 15) is 14.4 Å². The number of ether oxygens (including phenoxy) is 3. The number of imide groups is 2. The number of rotatable bonds is 8. The summed E-state index contributed by atoms with van der Waals surface area (Å²) in [5.41, 5.74) is 0.511. The molecular formula is C24H25ClN2O6. The number of anilines is 1. The molecule has 8 nitrogen and oxygen atoms in total. The van der Waals surface area contributed by atoms with E-state index in [0.29, 0.717) is 35.1 Å². The molecule has 1 saturated heterocycles. The zero-order valence-electron chi connectivity index (χ0n) is 18.8. The SMILES string of the molecule is CCOc1ccc(N2C(=O)NC(=O)/C(=C\c3cc(Cl)c(O[C@H](C)CC)c(OC)c3)C2=O)cc1. The van der Waals surface area contributed by atoms with Gasteiger partial charge in [-0.1, -0.05) is 18.5 Å². The maximum Gasteiger partial charge on any atom is 0.335 e. The highest BCUT2D eigenvalue weighted by Gasteiger charge is 2.37. The number of benzene rings is 2. The summed E-state index contributed by atoms with van der Waals surface area (Å²) in [6, 6.07) is 8.74. The van der Waals surface area contributed by atoms with Crippen molar-refractivity contribution in [2.75, 3.05) is 18.6 Å². The molecule has 174 valence electrons. The number of halogens is 1. The third-order valence-electron chi connectivity index (χ3n) is 4.96. The Balaban J connectivity index is 1.96. The molecule has 0 aromatic heterocycles. The van der Waals surface area contributed by atoms with Gasteiger partial charge in [0.25, 0.3) is 11.8 Å². The van der Waals surface area contributed by atoms with Gasteiger partial charge in [-0.15, -0.1) is 0 Å². The predicted molar refractivity (Wildman–Crippen MR) is 125 cm³/mol. The van der Waals surface area contributed by atoms with E-state index in [1.807, 2.05) is 20.8 Å². The van der Waals surface area contributed by atoms with E-state index in [2.05, 4.69) is 5.32 Å². The Labute approximate surface area is 197 Å². The van der Waals surface area contributed by atoms with Crippen molar-refractivity contribution in [1.29, 1.82) is 0 Å². The smallest absolute Gasteiger partial charge is 0.335 e. The number of methoxy groups -OCH3 is 1. The Bertz CT molecular complexity index is 1100. The normalized spacial score (nSPS) is 16.0. The lowest BCUT2D eigenvalue weighted by Gasteiger charge is -2.26. The predicted octanol–water partition coefficient (Wildman–Crippen LogP) is 4.59. The molecule has 0 aliphatic carbocycles. The fourth-order valence-electron chi connectivity index (χ4n) is 3.14. The molecule has 9 heteroatoms. The molecule has 0 radical (unpaired) electrons. The molecule has 0 spiro atoms. The minimum absolute atomic E-state index is 0.0833. The average molecular weight is 473 g/mol.